The van der Waals surface area contributed by atoms with Crippen molar-refractivity contribution in [2.45, 2.75) is 0 Å². The lowest BCUT2D eigenvalue weighted by atomic mass is 10.2. The van der Waals surface area contributed by atoms with Crippen molar-refractivity contribution in [3.8, 4) is 0 Å². The molecule has 0 radical (unpaired) electrons. The Morgan fingerprint density at radius 2 is 0.875 bits per heavy atom. The molecule has 0 bridgehead atoms. The van der Waals surface area contributed by atoms with E-state index < -0.39 is 0 Å². The number of hydrogen-bond donors (Lipinski definition) is 0. The largest absolute Gasteiger partial charge is 0.253 e. The number of fused-ring (bicyclic) bond motifs is 7. The maximum atomic E-state index is 4.44. The number of thiophene rings is 2. The molecule has 112 valence electrons. The van der Waals surface area contributed by atoms with Crippen molar-refractivity contribution < 1.29 is 0 Å². The molecule has 0 aliphatic carbocycles. The highest BCUT2D eigenvalue weighted by Gasteiger charge is 2.14. The van der Waals surface area contributed by atoms with Crippen LogP contribution in [0.4, 0.5) is 0 Å². The van der Waals surface area contributed by atoms with Crippen molar-refractivity contribution in [1.29, 1.82) is 0 Å². The fourth-order valence-electron chi connectivity index (χ4n) is 3.17. The van der Waals surface area contributed by atoms with Gasteiger partial charge in [0.2, 0.25) is 0 Å². The van der Waals surface area contributed by atoms with Crippen molar-refractivity contribution >= 4 is 74.3 Å². The smallest absolute Gasteiger partial charge is 0.0901 e. The molecule has 0 fully saturated rings. The third-order valence-electron chi connectivity index (χ3n) is 4.26. The van der Waals surface area contributed by atoms with Gasteiger partial charge >= 0.3 is 0 Å². The Kier molecular flexibility index (Phi) is 2.34. The van der Waals surface area contributed by atoms with E-state index in [9.17, 15) is 0 Å². The summed E-state index contributed by atoms with van der Waals surface area (Å²) in [5, 5.41) is 2.52. The average molecular weight is 344 g/mol. The average Bonchev–Trinajstić information content (AvgIpc) is 3.13. The van der Waals surface area contributed by atoms with Crippen molar-refractivity contribution in [1.82, 2.24) is 19.9 Å². The predicted molar refractivity (Wildman–Crippen MR) is 101 cm³/mol. The van der Waals surface area contributed by atoms with Crippen LogP contribution in [-0.2, 0) is 0 Å². The Morgan fingerprint density at radius 1 is 0.500 bits per heavy atom. The predicted octanol–water partition coefficient (Wildman–Crippen LogP) is 5.16. The molecular weight excluding hydrogens is 336 g/mol. The zero-order chi connectivity index (χ0) is 15.7. The molecule has 24 heavy (non-hydrogen) atoms. The second-order valence-corrected chi connectivity index (χ2v) is 7.75. The van der Waals surface area contributed by atoms with Crippen LogP contribution in [0.25, 0.3) is 51.6 Å². The van der Waals surface area contributed by atoms with Gasteiger partial charge in [0, 0.05) is 45.0 Å². The molecule has 0 saturated heterocycles. The maximum absolute atomic E-state index is 4.44. The van der Waals surface area contributed by atoms with Gasteiger partial charge in [0.1, 0.15) is 0 Å². The van der Waals surface area contributed by atoms with Crippen LogP contribution in [0.2, 0.25) is 0 Å². The summed E-state index contributed by atoms with van der Waals surface area (Å²) in [6.07, 6.45) is 6.97. The zero-order valence-corrected chi connectivity index (χ0v) is 13.9. The van der Waals surface area contributed by atoms with Crippen LogP contribution in [0.1, 0.15) is 0 Å². The van der Waals surface area contributed by atoms with Gasteiger partial charge < -0.3 is 0 Å². The van der Waals surface area contributed by atoms with Crippen LogP contribution < -0.4 is 0 Å². The molecule has 4 aromatic heterocycles. The number of nitrogens with zero attached hydrogens (tertiary/aromatic N) is 4. The molecule has 0 spiro atoms. The summed E-state index contributed by atoms with van der Waals surface area (Å²) in [7, 11) is 0. The van der Waals surface area contributed by atoms with Crippen LogP contribution in [0.3, 0.4) is 0 Å². The van der Waals surface area contributed by atoms with E-state index >= 15 is 0 Å². The van der Waals surface area contributed by atoms with E-state index in [4.69, 9.17) is 0 Å². The lowest BCUT2D eigenvalue weighted by Gasteiger charge is -1.96. The summed E-state index contributed by atoms with van der Waals surface area (Å²) in [5.41, 5.74) is 3.77. The van der Waals surface area contributed by atoms with Crippen molar-refractivity contribution in [3.05, 3.63) is 49.1 Å². The van der Waals surface area contributed by atoms with E-state index in [1.54, 1.807) is 24.8 Å². The normalized spacial score (nSPS) is 12.2. The number of rotatable bonds is 0. The minimum Gasteiger partial charge on any atom is -0.253 e. The van der Waals surface area contributed by atoms with Crippen LogP contribution in [0, 0.1) is 0 Å². The van der Waals surface area contributed by atoms with Gasteiger partial charge in [-0.15, -0.1) is 22.7 Å². The third-order valence-corrected chi connectivity index (χ3v) is 6.76. The highest BCUT2D eigenvalue weighted by Crippen LogP contribution is 2.45. The highest BCUT2D eigenvalue weighted by molar-refractivity contribution is 7.36. The van der Waals surface area contributed by atoms with E-state index in [-0.39, 0.29) is 0 Å². The second kappa shape index (κ2) is 4.43. The van der Waals surface area contributed by atoms with Crippen molar-refractivity contribution in [2.75, 3.05) is 0 Å². The van der Waals surface area contributed by atoms with Crippen LogP contribution >= 0.6 is 22.7 Å². The molecule has 0 N–H and O–H groups in total. The standard InChI is InChI=1S/C18H8N4S2/c1-3-21-13-7-15-9(5-11(13)19-1)17-18(23-15)10-6-12-14(8-16(10)24-17)22-4-2-20-12/h1-8H. The fraction of sp³-hybridized carbons (Fsp3) is 0. The van der Waals surface area contributed by atoms with E-state index in [0.29, 0.717) is 0 Å². The number of hydrogen-bond acceptors (Lipinski definition) is 6. The summed E-state index contributed by atoms with van der Waals surface area (Å²) >= 11 is 3.63. The number of aromatic nitrogens is 4. The molecule has 0 saturated carbocycles. The molecule has 4 nitrogen and oxygen atoms in total. The fourth-order valence-corrected chi connectivity index (χ4v) is 5.84. The quantitative estimate of drug-likeness (QED) is 0.382. The van der Waals surface area contributed by atoms with Gasteiger partial charge in [-0.05, 0) is 24.3 Å². The summed E-state index contributed by atoms with van der Waals surface area (Å²) in [6, 6.07) is 8.59. The van der Waals surface area contributed by atoms with Gasteiger partial charge in [-0.2, -0.15) is 0 Å². The third kappa shape index (κ3) is 1.61. The van der Waals surface area contributed by atoms with Gasteiger partial charge in [-0.3, -0.25) is 19.9 Å². The molecule has 6 aromatic rings. The molecule has 0 amide bonds. The van der Waals surface area contributed by atoms with Gasteiger partial charge in [0.15, 0.2) is 0 Å². The molecule has 6 rings (SSSR count). The van der Waals surface area contributed by atoms with E-state index in [0.717, 1.165) is 22.1 Å². The Labute approximate surface area is 143 Å². The monoisotopic (exact) mass is 344 g/mol. The lowest BCUT2D eigenvalue weighted by molar-refractivity contribution is 1.30. The molecule has 4 heterocycles. The summed E-state index contributed by atoms with van der Waals surface area (Å²) in [5.74, 6) is 0. The maximum Gasteiger partial charge on any atom is 0.0901 e. The molecule has 0 atom stereocenters. The molecule has 0 aliphatic heterocycles. The SMILES string of the molecule is c1cnc2cc3c(cc2n1)sc1c2cc4nccnc4cc2sc31. The minimum absolute atomic E-state index is 0.940. The molecule has 2 aromatic carbocycles. The highest BCUT2D eigenvalue weighted by atomic mass is 32.1. The Balaban J connectivity index is 1.81. The van der Waals surface area contributed by atoms with E-state index in [1.165, 1.54) is 29.6 Å². The Morgan fingerprint density at radius 3 is 1.29 bits per heavy atom. The molecule has 6 heteroatoms. The van der Waals surface area contributed by atoms with Gasteiger partial charge in [-0.1, -0.05) is 0 Å². The number of benzene rings is 2. The molecule has 0 unspecified atom stereocenters. The second-order valence-electron chi connectivity index (χ2n) is 5.65. The van der Waals surface area contributed by atoms with Gasteiger partial charge in [-0.25, -0.2) is 0 Å². The molecule has 0 aliphatic rings. The first-order valence-electron chi connectivity index (χ1n) is 7.47. The van der Waals surface area contributed by atoms with Crippen LogP contribution in [-0.4, -0.2) is 19.9 Å². The van der Waals surface area contributed by atoms with E-state index in [1.807, 2.05) is 22.7 Å². The van der Waals surface area contributed by atoms with E-state index in [2.05, 4.69) is 44.2 Å². The zero-order valence-electron chi connectivity index (χ0n) is 12.2. The first kappa shape index (κ1) is 12.7. The first-order valence-corrected chi connectivity index (χ1v) is 9.10. The van der Waals surface area contributed by atoms with Crippen LogP contribution in [0.5, 0.6) is 0 Å². The van der Waals surface area contributed by atoms with Crippen LogP contribution in [0.15, 0.2) is 49.1 Å². The summed E-state index contributed by atoms with van der Waals surface area (Å²) in [6.45, 7) is 0. The topological polar surface area (TPSA) is 51.6 Å². The van der Waals surface area contributed by atoms with Gasteiger partial charge in [0.05, 0.1) is 31.5 Å². The molecular formula is C18H8N4S2. The first-order chi connectivity index (χ1) is 11.9. The van der Waals surface area contributed by atoms with Gasteiger partial charge in [0.25, 0.3) is 0 Å². The minimum atomic E-state index is 0.940. The Hall–Kier alpha value is -2.70. The van der Waals surface area contributed by atoms with Crippen molar-refractivity contribution in [3.63, 3.8) is 0 Å². The van der Waals surface area contributed by atoms with Crippen molar-refractivity contribution in [2.24, 2.45) is 0 Å². The lowest BCUT2D eigenvalue weighted by Crippen LogP contribution is -1.80. The summed E-state index contributed by atoms with van der Waals surface area (Å²) in [4.78, 5) is 17.7. The Bertz CT molecular complexity index is 1300. The summed E-state index contributed by atoms with van der Waals surface area (Å²) < 4.78 is 5.14.